The number of carbonyl (C=O) groups excluding carboxylic acids is 1. The summed E-state index contributed by atoms with van der Waals surface area (Å²) in [5, 5.41) is 2.48. The van der Waals surface area contributed by atoms with Gasteiger partial charge < -0.3 is 10.5 Å². The summed E-state index contributed by atoms with van der Waals surface area (Å²) in [5.41, 5.74) is 6.96. The summed E-state index contributed by atoms with van der Waals surface area (Å²) in [4.78, 5) is 10.7. The molecule has 2 heteroatoms. The molecule has 2 rings (SSSR count). The summed E-state index contributed by atoms with van der Waals surface area (Å²) in [7, 11) is 1.50. The van der Waals surface area contributed by atoms with Crippen LogP contribution in [0.25, 0.3) is 10.8 Å². The average molecular weight is 273 g/mol. The highest BCUT2D eigenvalue weighted by Gasteiger charge is 2.08. The molecule has 0 radical (unpaired) electrons. The first-order chi connectivity index (χ1) is 9.74. The number of nitrogens with two attached hydrogens (primary N) is 1. The Labute approximate surface area is 123 Å². The van der Waals surface area contributed by atoms with Gasteiger partial charge in [0.05, 0.1) is 0 Å². The Kier molecular flexibility index (Phi) is 9.31. The fourth-order valence-electron chi connectivity index (χ4n) is 2.19. The standard InChI is InChI=1S/C15H16O.C2H6.CH5N/c1-11(2)14-8-4-7-12-5-3-6-13(9-10-16)15(12)14;2*1-2/h3-8,10-11H,9H2,1-2H3;1-2H3;2H2,1H3. The fraction of sp³-hybridized carbons (Fsp3) is 0.389. The Morgan fingerprint density at radius 2 is 1.60 bits per heavy atom. The molecule has 0 fully saturated rings. The highest BCUT2D eigenvalue weighted by molar-refractivity contribution is 5.90. The number of aldehydes is 1. The Morgan fingerprint density at radius 3 is 2.10 bits per heavy atom. The predicted octanol–water partition coefficient (Wildman–Crippen LogP) is 4.31. The largest absolute Gasteiger partial charge is 0.333 e. The number of fused-ring (bicyclic) bond motifs is 1. The van der Waals surface area contributed by atoms with Crippen molar-refractivity contribution in [3.63, 3.8) is 0 Å². The van der Waals surface area contributed by atoms with E-state index in [9.17, 15) is 4.79 Å². The molecule has 2 N–H and O–H groups in total. The van der Waals surface area contributed by atoms with E-state index in [0.717, 1.165) is 11.8 Å². The number of hydrogen-bond acceptors (Lipinski definition) is 2. The first kappa shape index (κ1) is 18.3. The van der Waals surface area contributed by atoms with Crippen molar-refractivity contribution in [3.05, 3.63) is 47.5 Å². The molecule has 0 amide bonds. The van der Waals surface area contributed by atoms with Crippen LogP contribution in [0.5, 0.6) is 0 Å². The third-order valence-electron chi connectivity index (χ3n) is 2.95. The van der Waals surface area contributed by atoms with Crippen LogP contribution in [0.1, 0.15) is 44.7 Å². The van der Waals surface area contributed by atoms with Gasteiger partial charge in [0.15, 0.2) is 0 Å². The maximum atomic E-state index is 10.7. The van der Waals surface area contributed by atoms with Crippen molar-refractivity contribution in [1.82, 2.24) is 0 Å². The zero-order chi connectivity index (χ0) is 15.5. The van der Waals surface area contributed by atoms with Gasteiger partial charge >= 0.3 is 0 Å². The van der Waals surface area contributed by atoms with E-state index in [4.69, 9.17) is 0 Å². The van der Waals surface area contributed by atoms with E-state index < -0.39 is 0 Å². The minimum absolute atomic E-state index is 0.483. The molecule has 0 aliphatic heterocycles. The molecule has 0 aliphatic carbocycles. The number of benzene rings is 2. The summed E-state index contributed by atoms with van der Waals surface area (Å²) in [6.45, 7) is 8.37. The summed E-state index contributed by atoms with van der Waals surface area (Å²) in [6, 6.07) is 12.5. The Morgan fingerprint density at radius 1 is 1.05 bits per heavy atom. The van der Waals surface area contributed by atoms with Crippen molar-refractivity contribution in [3.8, 4) is 0 Å². The molecular formula is C18H27NO. The lowest BCUT2D eigenvalue weighted by molar-refractivity contribution is -0.107. The molecule has 110 valence electrons. The van der Waals surface area contributed by atoms with Gasteiger partial charge in [0, 0.05) is 6.42 Å². The van der Waals surface area contributed by atoms with Crippen LogP contribution in [-0.4, -0.2) is 13.3 Å². The van der Waals surface area contributed by atoms with E-state index in [1.54, 1.807) is 0 Å². The van der Waals surface area contributed by atoms with Crippen molar-refractivity contribution in [2.75, 3.05) is 7.05 Å². The molecule has 2 nitrogen and oxygen atoms in total. The highest BCUT2D eigenvalue weighted by atomic mass is 16.1. The molecule has 0 saturated heterocycles. The van der Waals surface area contributed by atoms with Gasteiger partial charge in [-0.05, 0) is 34.9 Å². The second kappa shape index (κ2) is 10.2. The van der Waals surface area contributed by atoms with Crippen LogP contribution >= 0.6 is 0 Å². The quantitative estimate of drug-likeness (QED) is 0.847. The van der Waals surface area contributed by atoms with Crippen LogP contribution < -0.4 is 5.73 Å². The van der Waals surface area contributed by atoms with E-state index >= 15 is 0 Å². The van der Waals surface area contributed by atoms with Crippen molar-refractivity contribution < 1.29 is 4.79 Å². The van der Waals surface area contributed by atoms with Gasteiger partial charge in [0.1, 0.15) is 6.29 Å². The molecule has 0 unspecified atom stereocenters. The minimum atomic E-state index is 0.483. The lowest BCUT2D eigenvalue weighted by Gasteiger charge is -2.12. The predicted molar refractivity (Wildman–Crippen MR) is 89.3 cm³/mol. The van der Waals surface area contributed by atoms with E-state index in [1.807, 2.05) is 26.0 Å². The minimum Gasteiger partial charge on any atom is -0.333 e. The Hall–Kier alpha value is -1.67. The second-order valence-electron chi connectivity index (χ2n) is 4.39. The van der Waals surface area contributed by atoms with E-state index in [1.165, 1.54) is 23.4 Å². The summed E-state index contributed by atoms with van der Waals surface area (Å²) >= 11 is 0. The van der Waals surface area contributed by atoms with Crippen LogP contribution in [0.2, 0.25) is 0 Å². The van der Waals surface area contributed by atoms with Gasteiger partial charge in [-0.3, -0.25) is 0 Å². The van der Waals surface area contributed by atoms with Crippen molar-refractivity contribution in [1.29, 1.82) is 0 Å². The molecule has 2 aromatic rings. The molecule has 0 bridgehead atoms. The third-order valence-corrected chi connectivity index (χ3v) is 2.95. The molecular weight excluding hydrogens is 246 g/mol. The number of carbonyl (C=O) groups is 1. The molecule has 0 atom stereocenters. The topological polar surface area (TPSA) is 43.1 Å². The third kappa shape index (κ3) is 4.46. The van der Waals surface area contributed by atoms with Crippen molar-refractivity contribution >= 4 is 17.1 Å². The van der Waals surface area contributed by atoms with Crippen molar-refractivity contribution in [2.24, 2.45) is 5.73 Å². The summed E-state index contributed by atoms with van der Waals surface area (Å²) in [6.07, 6.45) is 1.48. The van der Waals surface area contributed by atoms with Crippen LogP contribution in [-0.2, 0) is 11.2 Å². The van der Waals surface area contributed by atoms with Crippen LogP contribution in [0.3, 0.4) is 0 Å². The lowest BCUT2D eigenvalue weighted by Crippen LogP contribution is -1.95. The van der Waals surface area contributed by atoms with Crippen LogP contribution in [0.15, 0.2) is 36.4 Å². The van der Waals surface area contributed by atoms with Gasteiger partial charge in [-0.15, -0.1) is 0 Å². The SMILES string of the molecule is CC.CC(C)c1cccc2cccc(CC=O)c12.CN. The van der Waals surface area contributed by atoms with Gasteiger partial charge in [0.25, 0.3) is 0 Å². The normalized spacial score (nSPS) is 9.35. The first-order valence-corrected chi connectivity index (χ1v) is 7.26. The van der Waals surface area contributed by atoms with Gasteiger partial charge in [0.2, 0.25) is 0 Å². The smallest absolute Gasteiger partial charge is 0.124 e. The van der Waals surface area contributed by atoms with Crippen molar-refractivity contribution in [2.45, 2.75) is 40.0 Å². The van der Waals surface area contributed by atoms with E-state index in [0.29, 0.717) is 12.3 Å². The molecule has 0 spiro atoms. The van der Waals surface area contributed by atoms with Gasteiger partial charge in [-0.2, -0.15) is 0 Å². The number of rotatable bonds is 3. The van der Waals surface area contributed by atoms with Crippen LogP contribution in [0.4, 0.5) is 0 Å². The van der Waals surface area contributed by atoms with Gasteiger partial charge in [-0.25, -0.2) is 0 Å². The van der Waals surface area contributed by atoms with E-state index in [-0.39, 0.29) is 0 Å². The monoisotopic (exact) mass is 273 g/mol. The second-order valence-corrected chi connectivity index (χ2v) is 4.39. The highest BCUT2D eigenvalue weighted by Crippen LogP contribution is 2.28. The maximum absolute atomic E-state index is 10.7. The average Bonchev–Trinajstić information content (AvgIpc) is 2.51. The molecule has 0 aliphatic rings. The molecule has 20 heavy (non-hydrogen) atoms. The number of hydrogen-bond donors (Lipinski definition) is 1. The summed E-state index contributed by atoms with van der Waals surface area (Å²) in [5.74, 6) is 0.483. The Balaban J connectivity index is 0.000000829. The summed E-state index contributed by atoms with van der Waals surface area (Å²) < 4.78 is 0. The zero-order valence-electron chi connectivity index (χ0n) is 13.3. The molecule has 0 saturated carbocycles. The first-order valence-electron chi connectivity index (χ1n) is 7.26. The fourth-order valence-corrected chi connectivity index (χ4v) is 2.19. The molecule has 2 aromatic carbocycles. The van der Waals surface area contributed by atoms with Crippen LogP contribution in [0, 0.1) is 0 Å². The van der Waals surface area contributed by atoms with Gasteiger partial charge in [-0.1, -0.05) is 64.1 Å². The molecule has 0 aromatic heterocycles. The molecule has 0 heterocycles. The Bertz CT molecular complexity index is 513. The maximum Gasteiger partial charge on any atom is 0.124 e. The lowest BCUT2D eigenvalue weighted by atomic mass is 9.92. The zero-order valence-corrected chi connectivity index (χ0v) is 13.3. The van der Waals surface area contributed by atoms with E-state index in [2.05, 4.69) is 43.8 Å².